The molecule has 132 valence electrons. The van der Waals surface area contributed by atoms with Crippen LogP contribution in [-0.4, -0.2) is 43.2 Å². The van der Waals surface area contributed by atoms with Crippen LogP contribution in [-0.2, 0) is 27.7 Å². The summed E-state index contributed by atoms with van der Waals surface area (Å²) in [6, 6.07) is 11.3. The SMILES string of the molecule is CCc1ccc(S(=O)(=O)N2CC(=O)N3CCc4ccccc4[C@H]3C2)s1. The van der Waals surface area contributed by atoms with E-state index < -0.39 is 10.0 Å². The van der Waals surface area contributed by atoms with E-state index >= 15 is 0 Å². The number of thiophene rings is 1. The Morgan fingerprint density at radius 2 is 2.00 bits per heavy atom. The predicted octanol–water partition coefficient (Wildman–Crippen LogP) is 2.44. The molecule has 1 saturated heterocycles. The van der Waals surface area contributed by atoms with Gasteiger partial charge < -0.3 is 4.90 Å². The van der Waals surface area contributed by atoms with E-state index in [0.717, 1.165) is 23.3 Å². The maximum atomic E-state index is 13.0. The minimum atomic E-state index is -3.63. The van der Waals surface area contributed by atoms with Crippen LogP contribution in [0.3, 0.4) is 0 Å². The van der Waals surface area contributed by atoms with Crippen LogP contribution in [0.15, 0.2) is 40.6 Å². The number of carbonyl (C=O) groups is 1. The van der Waals surface area contributed by atoms with Crippen LogP contribution in [0.1, 0.15) is 29.0 Å². The summed E-state index contributed by atoms with van der Waals surface area (Å²) in [4.78, 5) is 15.5. The summed E-state index contributed by atoms with van der Waals surface area (Å²) in [6.45, 7) is 2.92. The molecule has 0 spiro atoms. The van der Waals surface area contributed by atoms with Gasteiger partial charge in [0, 0.05) is 18.0 Å². The third-order valence-corrected chi connectivity index (χ3v) is 8.51. The summed E-state index contributed by atoms with van der Waals surface area (Å²) in [7, 11) is -3.63. The summed E-state index contributed by atoms with van der Waals surface area (Å²) in [5.74, 6) is -0.110. The van der Waals surface area contributed by atoms with Gasteiger partial charge in [0.15, 0.2) is 0 Å². The first-order valence-electron chi connectivity index (χ1n) is 8.47. The third-order valence-electron chi connectivity index (χ3n) is 5.00. The number of nitrogens with zero attached hydrogens (tertiary/aromatic N) is 2. The Balaban J connectivity index is 1.68. The fraction of sp³-hybridized carbons (Fsp3) is 0.389. The highest BCUT2D eigenvalue weighted by Crippen LogP contribution is 2.35. The topological polar surface area (TPSA) is 57.7 Å². The largest absolute Gasteiger partial charge is 0.333 e. The minimum Gasteiger partial charge on any atom is -0.333 e. The molecule has 0 unspecified atom stereocenters. The number of piperazine rings is 1. The van der Waals surface area contributed by atoms with Gasteiger partial charge in [-0.15, -0.1) is 11.3 Å². The van der Waals surface area contributed by atoms with Crippen molar-refractivity contribution in [2.75, 3.05) is 19.6 Å². The molecule has 7 heteroatoms. The summed E-state index contributed by atoms with van der Waals surface area (Å²) in [5.41, 5.74) is 2.28. The second kappa shape index (κ2) is 6.23. The van der Waals surface area contributed by atoms with Gasteiger partial charge >= 0.3 is 0 Å². The summed E-state index contributed by atoms with van der Waals surface area (Å²) >= 11 is 1.30. The Morgan fingerprint density at radius 3 is 2.76 bits per heavy atom. The highest BCUT2D eigenvalue weighted by Gasteiger charge is 2.41. The number of aryl methyl sites for hydroxylation is 1. The lowest BCUT2D eigenvalue weighted by Crippen LogP contribution is -2.55. The molecule has 0 N–H and O–H groups in total. The normalized spacial score (nSPS) is 21.1. The standard InChI is InChI=1S/C18H20N2O3S2/c1-2-14-7-8-18(24-14)25(22,23)19-11-16-15-6-4-3-5-13(15)9-10-20(16)17(21)12-19/h3-8,16H,2,9-12H2,1H3/t16-/m1/s1. The molecule has 2 aliphatic heterocycles. The Kier molecular flexibility index (Phi) is 4.17. The number of hydrogen-bond donors (Lipinski definition) is 0. The van der Waals surface area contributed by atoms with Crippen LogP contribution in [0.5, 0.6) is 0 Å². The second-order valence-electron chi connectivity index (χ2n) is 6.42. The molecular weight excluding hydrogens is 356 g/mol. The highest BCUT2D eigenvalue weighted by molar-refractivity contribution is 7.91. The van der Waals surface area contributed by atoms with E-state index in [9.17, 15) is 13.2 Å². The lowest BCUT2D eigenvalue weighted by molar-refractivity contribution is -0.138. The zero-order chi connectivity index (χ0) is 17.6. The number of rotatable bonds is 3. The fourth-order valence-electron chi connectivity index (χ4n) is 3.64. The number of fused-ring (bicyclic) bond motifs is 3. The van der Waals surface area contributed by atoms with Crippen molar-refractivity contribution in [1.82, 2.24) is 9.21 Å². The molecule has 0 saturated carbocycles. The van der Waals surface area contributed by atoms with Crippen molar-refractivity contribution in [3.63, 3.8) is 0 Å². The van der Waals surface area contributed by atoms with Crippen LogP contribution in [0.2, 0.25) is 0 Å². The number of carbonyl (C=O) groups excluding carboxylic acids is 1. The summed E-state index contributed by atoms with van der Waals surface area (Å²) in [6.07, 6.45) is 1.64. The van der Waals surface area contributed by atoms with Crippen LogP contribution in [0.4, 0.5) is 0 Å². The quantitative estimate of drug-likeness (QED) is 0.827. The molecule has 1 aromatic heterocycles. The van der Waals surface area contributed by atoms with E-state index in [2.05, 4.69) is 6.07 Å². The molecule has 1 atom stereocenters. The van der Waals surface area contributed by atoms with Crippen molar-refractivity contribution in [2.24, 2.45) is 0 Å². The molecule has 1 amide bonds. The van der Waals surface area contributed by atoms with Gasteiger partial charge in [-0.2, -0.15) is 4.31 Å². The Bertz CT molecular complexity index is 920. The molecule has 0 bridgehead atoms. The molecule has 1 fully saturated rings. The van der Waals surface area contributed by atoms with Gasteiger partial charge in [0.25, 0.3) is 10.0 Å². The number of benzene rings is 1. The second-order valence-corrected chi connectivity index (χ2v) is 9.76. The lowest BCUT2D eigenvalue weighted by Gasteiger charge is -2.43. The first-order chi connectivity index (χ1) is 12.0. The van der Waals surface area contributed by atoms with Gasteiger partial charge in [-0.1, -0.05) is 31.2 Å². The van der Waals surface area contributed by atoms with Gasteiger partial charge in [0.05, 0.1) is 12.6 Å². The van der Waals surface area contributed by atoms with Gasteiger partial charge in [0.1, 0.15) is 4.21 Å². The maximum Gasteiger partial charge on any atom is 0.253 e. The summed E-state index contributed by atoms with van der Waals surface area (Å²) < 4.78 is 27.7. The maximum absolute atomic E-state index is 13.0. The Morgan fingerprint density at radius 1 is 1.20 bits per heavy atom. The van der Waals surface area contributed by atoms with E-state index in [4.69, 9.17) is 0 Å². The predicted molar refractivity (Wildman–Crippen MR) is 97.1 cm³/mol. The van der Waals surface area contributed by atoms with Crippen molar-refractivity contribution in [3.05, 3.63) is 52.4 Å². The lowest BCUT2D eigenvalue weighted by atomic mass is 9.91. The summed E-state index contributed by atoms with van der Waals surface area (Å²) in [5, 5.41) is 0. The van der Waals surface area contributed by atoms with Gasteiger partial charge in [-0.3, -0.25) is 4.79 Å². The van der Waals surface area contributed by atoms with E-state index in [0.29, 0.717) is 17.3 Å². The third kappa shape index (κ3) is 2.80. The fourth-order valence-corrected chi connectivity index (χ4v) is 6.49. The molecule has 5 nitrogen and oxygen atoms in total. The number of hydrogen-bond acceptors (Lipinski definition) is 4. The zero-order valence-corrected chi connectivity index (χ0v) is 15.6. The van der Waals surface area contributed by atoms with Crippen molar-refractivity contribution in [3.8, 4) is 0 Å². The average Bonchev–Trinajstić information content (AvgIpc) is 3.11. The molecule has 25 heavy (non-hydrogen) atoms. The van der Waals surface area contributed by atoms with Crippen LogP contribution in [0.25, 0.3) is 0 Å². The highest BCUT2D eigenvalue weighted by atomic mass is 32.2. The molecule has 1 aromatic carbocycles. The molecule has 2 aliphatic rings. The molecule has 0 aliphatic carbocycles. The van der Waals surface area contributed by atoms with Crippen molar-refractivity contribution < 1.29 is 13.2 Å². The van der Waals surface area contributed by atoms with Crippen LogP contribution in [0, 0.1) is 0 Å². The molecule has 0 radical (unpaired) electrons. The van der Waals surface area contributed by atoms with E-state index in [-0.39, 0.29) is 18.5 Å². The van der Waals surface area contributed by atoms with Gasteiger partial charge in [-0.05, 0) is 36.1 Å². The van der Waals surface area contributed by atoms with Crippen LogP contribution >= 0.6 is 11.3 Å². The first-order valence-corrected chi connectivity index (χ1v) is 10.7. The molecule has 4 rings (SSSR count). The Labute approximate surface area is 151 Å². The van der Waals surface area contributed by atoms with E-state index in [1.807, 2.05) is 36.1 Å². The number of sulfonamides is 1. The first kappa shape index (κ1) is 16.8. The zero-order valence-electron chi connectivity index (χ0n) is 14.0. The van der Waals surface area contributed by atoms with Crippen LogP contribution < -0.4 is 0 Å². The smallest absolute Gasteiger partial charge is 0.253 e. The van der Waals surface area contributed by atoms with Crippen molar-refractivity contribution in [2.45, 2.75) is 30.0 Å². The van der Waals surface area contributed by atoms with Crippen molar-refractivity contribution in [1.29, 1.82) is 0 Å². The molecule has 2 aromatic rings. The number of amides is 1. The van der Waals surface area contributed by atoms with Crippen molar-refractivity contribution >= 4 is 27.3 Å². The van der Waals surface area contributed by atoms with Gasteiger partial charge in [0.2, 0.25) is 5.91 Å². The molecular formula is C18H20N2O3S2. The van der Waals surface area contributed by atoms with E-state index in [1.54, 1.807) is 6.07 Å². The average molecular weight is 377 g/mol. The Hall–Kier alpha value is -1.70. The monoisotopic (exact) mass is 376 g/mol. The minimum absolute atomic E-state index is 0.0691. The van der Waals surface area contributed by atoms with E-state index in [1.165, 1.54) is 21.2 Å². The van der Waals surface area contributed by atoms with Gasteiger partial charge in [-0.25, -0.2) is 8.42 Å². The molecule has 3 heterocycles.